The van der Waals surface area contributed by atoms with E-state index in [-0.39, 0.29) is 0 Å². The van der Waals surface area contributed by atoms with Crippen molar-refractivity contribution in [2.45, 2.75) is 20.3 Å². The van der Waals surface area contributed by atoms with Crippen LogP contribution in [0.25, 0.3) is 0 Å². The van der Waals surface area contributed by atoms with Gasteiger partial charge in [0.1, 0.15) is 23.8 Å². The van der Waals surface area contributed by atoms with Crippen molar-refractivity contribution in [3.63, 3.8) is 0 Å². The second-order valence-electron chi connectivity index (χ2n) is 9.54. The predicted octanol–water partition coefficient (Wildman–Crippen LogP) is 5.53. The van der Waals surface area contributed by atoms with Crippen LogP contribution in [-0.2, 0) is 24.5 Å². The van der Waals surface area contributed by atoms with E-state index in [1.54, 1.807) is 22.7 Å². The monoisotopic (exact) mass is 630 g/mol. The zero-order valence-electron chi connectivity index (χ0n) is 24.3. The van der Waals surface area contributed by atoms with Crippen LogP contribution >= 0.6 is 22.7 Å². The summed E-state index contributed by atoms with van der Waals surface area (Å²) in [5.74, 6) is 0. The fourth-order valence-corrected chi connectivity index (χ4v) is 5.45. The number of hydrogen-bond donors (Lipinski definition) is 0. The Balaban J connectivity index is 0.000000892. The van der Waals surface area contributed by atoms with E-state index >= 15 is 0 Å². The first-order valence-electron chi connectivity index (χ1n) is 12.8. The molecule has 0 fully saturated rings. The summed E-state index contributed by atoms with van der Waals surface area (Å²) in [6.45, 7) is 6.17. The molecule has 42 heavy (non-hydrogen) atoms. The standard InChI is InChI=1S/C27H34N8S2.H2O4S/c1-20-18-22(28-30-26-34(5)14-16-36-26)8-10-24(20)32(3)12-7-13-33(4)25-11-9-23(19-21(25)2)29-31-27-35(6)15-17-37-27;1-5(2,3)4/h8-11,14-19H,7,12-13H2,1-6H3;(H2,1,2,3,4)/q+2;/p-2. The van der Waals surface area contributed by atoms with E-state index in [0.29, 0.717) is 0 Å². The van der Waals surface area contributed by atoms with Gasteiger partial charge in [0.05, 0.1) is 24.3 Å². The van der Waals surface area contributed by atoms with E-state index < -0.39 is 10.4 Å². The van der Waals surface area contributed by atoms with E-state index in [1.807, 2.05) is 58.5 Å². The number of nitrogens with zero attached hydrogens (tertiary/aromatic N) is 8. The number of aryl methyl sites for hydroxylation is 4. The lowest BCUT2D eigenvalue weighted by Gasteiger charge is -2.25. The number of thiazole rings is 2. The van der Waals surface area contributed by atoms with Gasteiger partial charge in [0.15, 0.2) is 0 Å². The molecule has 0 N–H and O–H groups in total. The van der Waals surface area contributed by atoms with Crippen LogP contribution in [0.4, 0.5) is 33.0 Å². The minimum atomic E-state index is -5.17. The fraction of sp³-hybridized carbons (Fsp3) is 0.333. The zero-order valence-corrected chi connectivity index (χ0v) is 26.8. The van der Waals surface area contributed by atoms with E-state index in [4.69, 9.17) is 17.5 Å². The van der Waals surface area contributed by atoms with Crippen molar-refractivity contribution in [2.24, 2.45) is 34.6 Å². The Hall–Kier alpha value is -3.63. The molecule has 0 aliphatic rings. The van der Waals surface area contributed by atoms with E-state index in [2.05, 4.69) is 82.5 Å². The molecule has 2 aromatic carbocycles. The maximum absolute atomic E-state index is 8.52. The minimum absolute atomic E-state index is 0.866. The Labute approximate surface area is 254 Å². The highest BCUT2D eigenvalue weighted by molar-refractivity contribution is 7.79. The van der Waals surface area contributed by atoms with Gasteiger partial charge in [-0.3, -0.25) is 8.42 Å². The van der Waals surface area contributed by atoms with Crippen LogP contribution < -0.4 is 18.9 Å². The summed E-state index contributed by atoms with van der Waals surface area (Å²) in [4.78, 5) is 4.62. The molecule has 0 bridgehead atoms. The van der Waals surface area contributed by atoms with Crippen molar-refractivity contribution in [1.29, 1.82) is 0 Å². The summed E-state index contributed by atoms with van der Waals surface area (Å²) in [6, 6.07) is 12.5. The molecule has 0 atom stereocenters. The quantitative estimate of drug-likeness (QED) is 0.0975. The lowest BCUT2D eigenvalue weighted by molar-refractivity contribution is -0.654. The highest BCUT2D eigenvalue weighted by atomic mass is 32.3. The second kappa shape index (κ2) is 15.0. The predicted molar refractivity (Wildman–Crippen MR) is 163 cm³/mol. The lowest BCUT2D eigenvalue weighted by atomic mass is 10.1. The van der Waals surface area contributed by atoms with Crippen LogP contribution in [0.3, 0.4) is 0 Å². The zero-order chi connectivity index (χ0) is 30.9. The fourth-order valence-electron chi connectivity index (χ4n) is 4.09. The average molecular weight is 631 g/mol. The minimum Gasteiger partial charge on any atom is -0.759 e. The van der Waals surface area contributed by atoms with Crippen molar-refractivity contribution < 1.29 is 26.7 Å². The first kappa shape index (κ1) is 32.9. The van der Waals surface area contributed by atoms with Gasteiger partial charge in [0.2, 0.25) is 0 Å². The van der Waals surface area contributed by atoms with Gasteiger partial charge < -0.3 is 18.9 Å². The molecule has 0 saturated carbocycles. The van der Waals surface area contributed by atoms with Gasteiger partial charge >= 0.3 is 10.3 Å². The number of anilines is 2. The highest BCUT2D eigenvalue weighted by Gasteiger charge is 2.12. The Morgan fingerprint density at radius 3 is 1.43 bits per heavy atom. The van der Waals surface area contributed by atoms with Crippen LogP contribution in [0.1, 0.15) is 17.5 Å². The van der Waals surface area contributed by atoms with E-state index in [1.165, 1.54) is 22.5 Å². The van der Waals surface area contributed by atoms with Gasteiger partial charge in [0.25, 0.3) is 0 Å². The Morgan fingerprint density at radius 2 is 1.12 bits per heavy atom. The molecule has 0 saturated heterocycles. The molecule has 15 heteroatoms. The van der Waals surface area contributed by atoms with Gasteiger partial charge in [0, 0.05) is 59.7 Å². The van der Waals surface area contributed by atoms with Crippen LogP contribution in [0, 0.1) is 13.8 Å². The normalized spacial score (nSPS) is 11.6. The summed E-state index contributed by atoms with van der Waals surface area (Å²) in [6.07, 6.45) is 5.00. The summed E-state index contributed by atoms with van der Waals surface area (Å²) >= 11 is 3.15. The van der Waals surface area contributed by atoms with Crippen molar-refractivity contribution in [3.8, 4) is 0 Å². The van der Waals surface area contributed by atoms with Crippen molar-refractivity contribution in [1.82, 2.24) is 0 Å². The van der Waals surface area contributed by atoms with Crippen LogP contribution in [0.2, 0.25) is 0 Å². The van der Waals surface area contributed by atoms with Crippen LogP contribution in [0.15, 0.2) is 80.0 Å². The SMILES string of the molecule is Cc1cc(N=Nc2scc[n+]2C)ccc1N(C)CCCN(C)c1ccc(N=Nc2scc[n+]2C)cc1C.O=S(=O)([O-])[O-]. The molecule has 0 unspecified atom stereocenters. The molecule has 4 aromatic rings. The largest absolute Gasteiger partial charge is 0.759 e. The third-order valence-corrected chi connectivity index (χ3v) is 7.87. The molecular weight excluding hydrogens is 597 g/mol. The molecule has 0 aliphatic heterocycles. The Morgan fingerprint density at radius 1 is 0.738 bits per heavy atom. The second-order valence-corrected chi connectivity index (χ2v) is 12.1. The van der Waals surface area contributed by atoms with Gasteiger partial charge in [-0.05, 0) is 101 Å². The smallest absolute Gasteiger partial charge is 0.408 e. The van der Waals surface area contributed by atoms with Crippen molar-refractivity contribution >= 4 is 66.1 Å². The van der Waals surface area contributed by atoms with Gasteiger partial charge in [-0.1, -0.05) is 0 Å². The summed E-state index contributed by atoms with van der Waals surface area (Å²) in [5, 5.41) is 23.3. The summed E-state index contributed by atoms with van der Waals surface area (Å²) < 4.78 is 38.0. The number of benzene rings is 2. The molecule has 12 nitrogen and oxygen atoms in total. The third kappa shape index (κ3) is 10.3. The van der Waals surface area contributed by atoms with Crippen LogP contribution in [-0.4, -0.2) is 44.7 Å². The first-order chi connectivity index (χ1) is 19.8. The van der Waals surface area contributed by atoms with Crippen LogP contribution in [0.5, 0.6) is 0 Å². The molecule has 0 spiro atoms. The summed E-state index contributed by atoms with van der Waals surface area (Å²) in [7, 11) is 3.07. The number of hydrogen-bond acceptors (Lipinski definition) is 12. The van der Waals surface area contributed by atoms with Gasteiger partial charge in [-0.2, -0.15) is 0 Å². The summed E-state index contributed by atoms with van der Waals surface area (Å²) in [5.41, 5.74) is 6.55. The molecular formula is C27H34N8O4S3. The molecule has 0 aliphatic carbocycles. The first-order valence-corrected chi connectivity index (χ1v) is 15.9. The van der Waals surface area contributed by atoms with Crippen molar-refractivity contribution in [3.05, 3.63) is 70.7 Å². The topological polar surface area (TPSA) is 144 Å². The molecule has 0 radical (unpaired) electrons. The molecule has 2 aromatic heterocycles. The van der Waals surface area contributed by atoms with E-state index in [9.17, 15) is 0 Å². The third-order valence-electron chi connectivity index (χ3n) is 6.19. The average Bonchev–Trinajstić information content (AvgIpc) is 3.52. The Bertz CT molecular complexity index is 1540. The molecule has 224 valence electrons. The highest BCUT2D eigenvalue weighted by Crippen LogP contribution is 2.28. The molecule has 0 amide bonds. The van der Waals surface area contributed by atoms with Gasteiger partial charge in [-0.15, -0.1) is 0 Å². The number of aromatic nitrogens is 2. The molecule has 4 rings (SSSR count). The van der Waals surface area contributed by atoms with Gasteiger partial charge in [-0.25, -0.2) is 9.13 Å². The maximum atomic E-state index is 8.52. The lowest BCUT2D eigenvalue weighted by Crippen LogP contribution is -2.26. The number of azo groups is 2. The Kier molecular flexibility index (Phi) is 11.8. The number of rotatable bonds is 10. The molecule has 2 heterocycles. The maximum Gasteiger partial charge on any atom is 0.408 e. The van der Waals surface area contributed by atoms with Crippen molar-refractivity contribution in [2.75, 3.05) is 37.0 Å². The van der Waals surface area contributed by atoms with E-state index in [0.717, 1.165) is 41.1 Å².